The molecule has 0 bridgehead atoms. The zero-order valence-electron chi connectivity index (χ0n) is 6.67. The zero-order chi connectivity index (χ0) is 8.10. The molecule has 0 aromatic carbocycles. The third kappa shape index (κ3) is 2.19. The summed E-state index contributed by atoms with van der Waals surface area (Å²) < 4.78 is 10.6. The fourth-order valence-corrected chi connectivity index (χ4v) is 1.08. The van der Waals surface area contributed by atoms with Crippen LogP contribution in [-0.2, 0) is 9.47 Å². The minimum Gasteiger partial charge on any atom is -0.376 e. The second-order valence-electron chi connectivity index (χ2n) is 2.42. The van der Waals surface area contributed by atoms with Crippen LogP contribution in [0.3, 0.4) is 0 Å². The Labute approximate surface area is 67.1 Å². The van der Waals surface area contributed by atoms with Crippen molar-refractivity contribution in [2.45, 2.75) is 12.1 Å². The predicted molar refractivity (Wildman–Crippen MR) is 42.2 cm³/mol. The van der Waals surface area contributed by atoms with Crippen molar-refractivity contribution < 1.29 is 9.47 Å². The second kappa shape index (κ2) is 4.35. The lowest BCUT2D eigenvalue weighted by molar-refractivity contribution is -0.0937. The summed E-state index contributed by atoms with van der Waals surface area (Å²) in [5.74, 6) is 2.61. The van der Waals surface area contributed by atoms with E-state index in [-0.39, 0.29) is 12.1 Å². The Morgan fingerprint density at radius 3 is 2.91 bits per heavy atom. The van der Waals surface area contributed by atoms with Crippen molar-refractivity contribution in [2.75, 3.05) is 26.9 Å². The van der Waals surface area contributed by atoms with E-state index in [1.807, 2.05) is 7.05 Å². The molecule has 62 valence electrons. The summed E-state index contributed by atoms with van der Waals surface area (Å²) in [5.41, 5.74) is 0. The Hall–Kier alpha value is -0.560. The lowest BCUT2D eigenvalue weighted by Gasteiger charge is -2.26. The van der Waals surface area contributed by atoms with Crippen LogP contribution in [0.2, 0.25) is 0 Å². The summed E-state index contributed by atoms with van der Waals surface area (Å²) in [6.45, 7) is 1.91. The highest BCUT2D eigenvalue weighted by Gasteiger charge is 2.21. The number of hydrogen-bond donors (Lipinski definition) is 1. The van der Waals surface area contributed by atoms with Gasteiger partial charge in [-0.3, -0.25) is 0 Å². The van der Waals surface area contributed by atoms with Gasteiger partial charge in [0.1, 0.15) is 6.10 Å². The van der Waals surface area contributed by atoms with Gasteiger partial charge in [-0.05, 0) is 7.05 Å². The molecule has 1 fully saturated rings. The normalized spacial score (nSPS) is 27.5. The smallest absolute Gasteiger partial charge is 0.107 e. The van der Waals surface area contributed by atoms with E-state index in [1.165, 1.54) is 0 Å². The molecule has 0 aliphatic carbocycles. The molecule has 3 nitrogen and oxygen atoms in total. The predicted octanol–water partition coefficient (Wildman–Crippen LogP) is -0.377. The molecular weight excluding hydrogens is 142 g/mol. The number of rotatable bonds is 2. The van der Waals surface area contributed by atoms with Gasteiger partial charge >= 0.3 is 0 Å². The Morgan fingerprint density at radius 1 is 1.64 bits per heavy atom. The molecule has 1 rings (SSSR count). The van der Waals surface area contributed by atoms with Crippen molar-refractivity contribution in [3.05, 3.63) is 0 Å². The van der Waals surface area contributed by atoms with Gasteiger partial charge in [0.15, 0.2) is 0 Å². The Bertz CT molecular complexity index is 147. The van der Waals surface area contributed by atoms with Gasteiger partial charge in [0, 0.05) is 0 Å². The van der Waals surface area contributed by atoms with Crippen molar-refractivity contribution in [3.63, 3.8) is 0 Å². The first-order valence-electron chi connectivity index (χ1n) is 3.71. The topological polar surface area (TPSA) is 30.5 Å². The third-order valence-corrected chi connectivity index (χ3v) is 1.70. The van der Waals surface area contributed by atoms with E-state index in [4.69, 9.17) is 15.9 Å². The van der Waals surface area contributed by atoms with Crippen LogP contribution in [-0.4, -0.2) is 39.0 Å². The maximum atomic E-state index is 5.39. The van der Waals surface area contributed by atoms with Crippen LogP contribution >= 0.6 is 0 Å². The van der Waals surface area contributed by atoms with Gasteiger partial charge in [-0.2, -0.15) is 0 Å². The van der Waals surface area contributed by atoms with Gasteiger partial charge in [-0.25, -0.2) is 0 Å². The standard InChI is InChI=1S/C8H13NO2/c1-3-7(9-2)8-6-10-4-5-11-8/h1,7-9H,4-6H2,2H3. The molecule has 1 N–H and O–H groups in total. The van der Waals surface area contributed by atoms with Crippen LogP contribution in [0.5, 0.6) is 0 Å². The van der Waals surface area contributed by atoms with Gasteiger partial charge in [-0.15, -0.1) is 6.42 Å². The largest absolute Gasteiger partial charge is 0.376 e. The molecule has 0 saturated carbocycles. The summed E-state index contributed by atoms with van der Waals surface area (Å²) in [4.78, 5) is 0. The van der Waals surface area contributed by atoms with E-state index in [0.717, 1.165) is 0 Å². The fraction of sp³-hybridized carbons (Fsp3) is 0.750. The molecule has 0 spiro atoms. The molecule has 1 saturated heterocycles. The lowest BCUT2D eigenvalue weighted by atomic mass is 10.2. The molecule has 0 amide bonds. The highest BCUT2D eigenvalue weighted by molar-refractivity contribution is 5.03. The Balaban J connectivity index is 2.38. The monoisotopic (exact) mass is 155 g/mol. The molecule has 1 heterocycles. The first-order chi connectivity index (χ1) is 5.38. The molecule has 3 heteroatoms. The third-order valence-electron chi connectivity index (χ3n) is 1.70. The Kier molecular flexibility index (Phi) is 3.37. The van der Waals surface area contributed by atoms with Gasteiger partial charge < -0.3 is 14.8 Å². The van der Waals surface area contributed by atoms with Crippen molar-refractivity contribution in [3.8, 4) is 12.3 Å². The molecule has 1 aliphatic rings. The maximum Gasteiger partial charge on any atom is 0.107 e. The quantitative estimate of drug-likeness (QED) is 0.551. The van der Waals surface area contributed by atoms with Crippen molar-refractivity contribution in [1.82, 2.24) is 5.32 Å². The van der Waals surface area contributed by atoms with Gasteiger partial charge in [0.25, 0.3) is 0 Å². The van der Waals surface area contributed by atoms with Gasteiger partial charge in [0.05, 0.1) is 25.9 Å². The number of terminal acetylenes is 1. The maximum absolute atomic E-state index is 5.39. The summed E-state index contributed by atoms with van der Waals surface area (Å²) in [7, 11) is 1.82. The number of hydrogen-bond acceptors (Lipinski definition) is 3. The summed E-state index contributed by atoms with van der Waals surface area (Å²) in [6.07, 6.45) is 5.28. The molecule has 2 atom stereocenters. The average molecular weight is 155 g/mol. The van der Waals surface area contributed by atoms with Crippen molar-refractivity contribution >= 4 is 0 Å². The van der Waals surface area contributed by atoms with E-state index < -0.39 is 0 Å². The minimum atomic E-state index is -0.0321. The molecule has 2 unspecified atom stereocenters. The molecule has 0 aromatic heterocycles. The van der Waals surface area contributed by atoms with E-state index in [9.17, 15) is 0 Å². The van der Waals surface area contributed by atoms with Crippen LogP contribution in [0, 0.1) is 12.3 Å². The lowest BCUT2D eigenvalue weighted by Crippen LogP contribution is -2.44. The minimum absolute atomic E-state index is 0.0127. The summed E-state index contributed by atoms with van der Waals surface area (Å²) in [5, 5.41) is 2.98. The van der Waals surface area contributed by atoms with Crippen LogP contribution in [0.25, 0.3) is 0 Å². The van der Waals surface area contributed by atoms with Gasteiger partial charge in [-0.1, -0.05) is 5.92 Å². The van der Waals surface area contributed by atoms with E-state index in [1.54, 1.807) is 0 Å². The molecule has 1 aliphatic heterocycles. The zero-order valence-corrected chi connectivity index (χ0v) is 6.67. The molecular formula is C8H13NO2. The van der Waals surface area contributed by atoms with Crippen LogP contribution in [0.15, 0.2) is 0 Å². The number of nitrogens with one attached hydrogen (secondary N) is 1. The Morgan fingerprint density at radius 2 is 2.45 bits per heavy atom. The van der Waals surface area contributed by atoms with Crippen molar-refractivity contribution in [1.29, 1.82) is 0 Å². The second-order valence-corrected chi connectivity index (χ2v) is 2.42. The SMILES string of the molecule is C#CC(NC)C1COCCO1. The van der Waals surface area contributed by atoms with Crippen LogP contribution in [0.4, 0.5) is 0 Å². The highest BCUT2D eigenvalue weighted by atomic mass is 16.6. The van der Waals surface area contributed by atoms with E-state index in [0.29, 0.717) is 19.8 Å². The van der Waals surface area contributed by atoms with Gasteiger partial charge in [0.2, 0.25) is 0 Å². The number of ether oxygens (including phenoxy) is 2. The van der Waals surface area contributed by atoms with Crippen LogP contribution < -0.4 is 5.32 Å². The van der Waals surface area contributed by atoms with E-state index in [2.05, 4.69) is 11.2 Å². The first kappa shape index (κ1) is 8.54. The molecule has 0 aromatic rings. The first-order valence-corrected chi connectivity index (χ1v) is 3.71. The number of likely N-dealkylation sites (N-methyl/N-ethyl adjacent to an activating group) is 1. The molecule has 11 heavy (non-hydrogen) atoms. The van der Waals surface area contributed by atoms with Crippen molar-refractivity contribution in [2.24, 2.45) is 0 Å². The summed E-state index contributed by atoms with van der Waals surface area (Å²) in [6, 6.07) is -0.0321. The summed E-state index contributed by atoms with van der Waals surface area (Å²) >= 11 is 0. The molecule has 0 radical (unpaired) electrons. The van der Waals surface area contributed by atoms with Crippen LogP contribution in [0.1, 0.15) is 0 Å². The fourth-order valence-electron chi connectivity index (χ4n) is 1.08. The average Bonchev–Trinajstić information content (AvgIpc) is 2.09. The highest BCUT2D eigenvalue weighted by Crippen LogP contribution is 2.04. The van der Waals surface area contributed by atoms with E-state index >= 15 is 0 Å².